The van der Waals surface area contributed by atoms with Crippen LogP contribution < -0.4 is 15.1 Å². The Kier molecular flexibility index (Phi) is 4.11. The minimum Gasteiger partial charge on any atom is -0.495 e. The third-order valence-corrected chi connectivity index (χ3v) is 2.16. The number of hydrogen-bond donors (Lipinski definition) is 0. The SMILES string of the molecule is Bc1ccc(N(C=O)CC(C)=O)c(OC)c1. The summed E-state index contributed by atoms with van der Waals surface area (Å²) < 4.78 is 5.18. The summed E-state index contributed by atoms with van der Waals surface area (Å²) in [5.41, 5.74) is 1.65. The number of Topliss-reactive ketones (excluding diaryl/α,β-unsaturated/α-hetero) is 1. The van der Waals surface area contributed by atoms with Crippen molar-refractivity contribution < 1.29 is 14.3 Å². The van der Waals surface area contributed by atoms with Gasteiger partial charge in [-0.2, -0.15) is 0 Å². The number of ether oxygens (including phenoxy) is 1. The molecule has 1 rings (SSSR count). The van der Waals surface area contributed by atoms with Crippen molar-refractivity contribution in [1.29, 1.82) is 0 Å². The van der Waals surface area contributed by atoms with Gasteiger partial charge in [0, 0.05) is 0 Å². The highest BCUT2D eigenvalue weighted by atomic mass is 16.5. The van der Waals surface area contributed by atoms with Gasteiger partial charge >= 0.3 is 0 Å². The topological polar surface area (TPSA) is 46.6 Å². The summed E-state index contributed by atoms with van der Waals surface area (Å²) in [5, 5.41) is 0. The van der Waals surface area contributed by atoms with Gasteiger partial charge in [0.2, 0.25) is 6.41 Å². The number of methoxy groups -OCH3 is 1. The number of benzene rings is 1. The Morgan fingerprint density at radius 3 is 2.75 bits per heavy atom. The van der Waals surface area contributed by atoms with Gasteiger partial charge < -0.3 is 9.64 Å². The second-order valence-corrected chi connectivity index (χ2v) is 3.61. The predicted molar refractivity (Wildman–Crippen MR) is 65.3 cm³/mol. The lowest BCUT2D eigenvalue weighted by atomic mass is 9.95. The molecule has 0 fully saturated rings. The van der Waals surface area contributed by atoms with Crippen molar-refractivity contribution in [1.82, 2.24) is 0 Å². The quantitative estimate of drug-likeness (QED) is 0.495. The van der Waals surface area contributed by atoms with E-state index >= 15 is 0 Å². The van der Waals surface area contributed by atoms with Crippen LogP contribution in [0.1, 0.15) is 6.92 Å². The average molecular weight is 219 g/mol. The lowest BCUT2D eigenvalue weighted by Crippen LogP contribution is -2.27. The molecule has 84 valence electrons. The average Bonchev–Trinajstić information content (AvgIpc) is 2.25. The number of carbonyl (C=O) groups excluding carboxylic acids is 2. The summed E-state index contributed by atoms with van der Waals surface area (Å²) in [6.07, 6.45) is 0.634. The Labute approximate surface area is 95.6 Å². The van der Waals surface area contributed by atoms with Crippen molar-refractivity contribution >= 4 is 31.2 Å². The van der Waals surface area contributed by atoms with E-state index in [4.69, 9.17) is 4.74 Å². The van der Waals surface area contributed by atoms with Crippen LogP contribution in [0.5, 0.6) is 5.75 Å². The van der Waals surface area contributed by atoms with Gasteiger partial charge in [0.25, 0.3) is 0 Å². The van der Waals surface area contributed by atoms with Gasteiger partial charge in [0.05, 0.1) is 19.3 Å². The molecule has 0 unspecified atom stereocenters. The van der Waals surface area contributed by atoms with Crippen molar-refractivity contribution in [2.75, 3.05) is 18.6 Å². The van der Waals surface area contributed by atoms with E-state index in [1.807, 2.05) is 20.0 Å². The molecular weight excluding hydrogens is 205 g/mol. The van der Waals surface area contributed by atoms with Crippen LogP contribution in [0, 0.1) is 0 Å². The van der Waals surface area contributed by atoms with E-state index < -0.39 is 0 Å². The Bertz CT molecular complexity index is 406. The third kappa shape index (κ3) is 2.86. The highest BCUT2D eigenvalue weighted by molar-refractivity contribution is 6.32. The maximum Gasteiger partial charge on any atom is 0.214 e. The summed E-state index contributed by atoms with van der Waals surface area (Å²) in [6.45, 7) is 1.50. The fourth-order valence-corrected chi connectivity index (χ4v) is 1.44. The molecule has 0 atom stereocenters. The Morgan fingerprint density at radius 2 is 2.25 bits per heavy atom. The van der Waals surface area contributed by atoms with Crippen LogP contribution in [0.2, 0.25) is 0 Å². The first-order valence-corrected chi connectivity index (χ1v) is 4.94. The van der Waals surface area contributed by atoms with E-state index in [1.165, 1.54) is 18.9 Å². The maximum absolute atomic E-state index is 11.0. The molecule has 1 aromatic carbocycles. The van der Waals surface area contributed by atoms with Crippen LogP contribution in [0.15, 0.2) is 18.2 Å². The van der Waals surface area contributed by atoms with Crippen LogP contribution in [0.25, 0.3) is 0 Å². The van der Waals surface area contributed by atoms with Gasteiger partial charge in [-0.15, -0.1) is 0 Å². The summed E-state index contributed by atoms with van der Waals surface area (Å²) in [7, 11) is 3.47. The number of amides is 1. The standard InChI is InChI=1S/C11H14BNO3/c1-8(15)6-13(7-14)10-4-3-9(12)5-11(10)16-2/h3-5,7H,6,12H2,1-2H3. The van der Waals surface area contributed by atoms with Crippen LogP contribution in [0.4, 0.5) is 5.69 Å². The van der Waals surface area contributed by atoms with Gasteiger partial charge in [-0.1, -0.05) is 11.5 Å². The lowest BCUT2D eigenvalue weighted by Gasteiger charge is -2.19. The molecule has 5 heteroatoms. The number of carbonyl (C=O) groups is 2. The van der Waals surface area contributed by atoms with Crippen molar-refractivity contribution in [3.63, 3.8) is 0 Å². The molecule has 0 saturated heterocycles. The summed E-state index contributed by atoms with van der Waals surface area (Å²) in [4.78, 5) is 23.3. The molecule has 0 aliphatic rings. The molecule has 0 saturated carbocycles. The number of ketones is 1. The Morgan fingerprint density at radius 1 is 1.56 bits per heavy atom. The zero-order chi connectivity index (χ0) is 12.1. The van der Waals surface area contributed by atoms with E-state index in [9.17, 15) is 9.59 Å². The summed E-state index contributed by atoms with van der Waals surface area (Å²) in [6, 6.07) is 5.46. The van der Waals surface area contributed by atoms with E-state index in [0.717, 1.165) is 5.46 Å². The first-order chi connectivity index (χ1) is 7.58. The monoisotopic (exact) mass is 219 g/mol. The van der Waals surface area contributed by atoms with E-state index in [-0.39, 0.29) is 12.3 Å². The normalized spacial score (nSPS) is 9.62. The second-order valence-electron chi connectivity index (χ2n) is 3.61. The first-order valence-electron chi connectivity index (χ1n) is 4.94. The van der Waals surface area contributed by atoms with E-state index in [1.54, 1.807) is 6.07 Å². The zero-order valence-electron chi connectivity index (χ0n) is 9.69. The molecule has 0 heterocycles. The first kappa shape index (κ1) is 12.3. The van der Waals surface area contributed by atoms with Gasteiger partial charge in [0.1, 0.15) is 19.4 Å². The number of anilines is 1. The highest BCUT2D eigenvalue weighted by Gasteiger charge is 2.12. The highest BCUT2D eigenvalue weighted by Crippen LogP contribution is 2.25. The molecule has 4 nitrogen and oxygen atoms in total. The number of hydrogen-bond acceptors (Lipinski definition) is 3. The zero-order valence-corrected chi connectivity index (χ0v) is 9.69. The minimum atomic E-state index is -0.0743. The molecule has 16 heavy (non-hydrogen) atoms. The second kappa shape index (κ2) is 5.35. The van der Waals surface area contributed by atoms with Gasteiger partial charge in [-0.3, -0.25) is 9.59 Å². The van der Waals surface area contributed by atoms with E-state index in [0.29, 0.717) is 17.8 Å². The van der Waals surface area contributed by atoms with Crippen LogP contribution in [-0.2, 0) is 9.59 Å². The van der Waals surface area contributed by atoms with Crippen molar-refractivity contribution in [2.24, 2.45) is 0 Å². The summed E-state index contributed by atoms with van der Waals surface area (Å²) >= 11 is 0. The minimum absolute atomic E-state index is 0.0585. The maximum atomic E-state index is 11.0. The predicted octanol–water partition coefficient (Wildman–Crippen LogP) is -0.495. The number of rotatable bonds is 5. The molecule has 0 aromatic heterocycles. The Hall–Kier alpha value is -1.78. The van der Waals surface area contributed by atoms with Gasteiger partial charge in [-0.05, 0) is 19.1 Å². The van der Waals surface area contributed by atoms with Gasteiger partial charge in [-0.25, -0.2) is 0 Å². The third-order valence-electron chi connectivity index (χ3n) is 2.16. The lowest BCUT2D eigenvalue weighted by molar-refractivity contribution is -0.117. The Balaban J connectivity index is 3.08. The molecular formula is C11H14BNO3. The van der Waals surface area contributed by atoms with Crippen LogP contribution in [0.3, 0.4) is 0 Å². The molecule has 1 aromatic rings. The fraction of sp³-hybridized carbons (Fsp3) is 0.273. The van der Waals surface area contributed by atoms with Crippen LogP contribution >= 0.6 is 0 Å². The van der Waals surface area contributed by atoms with Crippen molar-refractivity contribution in [2.45, 2.75) is 6.92 Å². The summed E-state index contributed by atoms with van der Waals surface area (Å²) in [5.74, 6) is 0.517. The van der Waals surface area contributed by atoms with Crippen molar-refractivity contribution in [3.05, 3.63) is 18.2 Å². The molecule has 0 aliphatic heterocycles. The largest absolute Gasteiger partial charge is 0.495 e. The van der Waals surface area contributed by atoms with E-state index in [2.05, 4.69) is 0 Å². The van der Waals surface area contributed by atoms with Crippen LogP contribution in [-0.4, -0.2) is 33.7 Å². The molecule has 0 spiro atoms. The van der Waals surface area contributed by atoms with Crippen molar-refractivity contribution in [3.8, 4) is 5.75 Å². The molecule has 1 amide bonds. The molecule has 0 aliphatic carbocycles. The molecule has 0 bridgehead atoms. The number of nitrogens with zero attached hydrogens (tertiary/aromatic N) is 1. The fourth-order valence-electron chi connectivity index (χ4n) is 1.44. The molecule has 0 radical (unpaired) electrons. The smallest absolute Gasteiger partial charge is 0.214 e. The molecule has 0 N–H and O–H groups in total. The van der Waals surface area contributed by atoms with Gasteiger partial charge in [0.15, 0.2) is 0 Å².